The molecule has 0 radical (unpaired) electrons. The van der Waals surface area contributed by atoms with Crippen LogP contribution in [-0.2, 0) is 4.79 Å². The van der Waals surface area contributed by atoms with Gasteiger partial charge >= 0.3 is 0 Å². The second-order valence-electron chi connectivity index (χ2n) is 4.84. The van der Waals surface area contributed by atoms with E-state index in [0.29, 0.717) is 39.1 Å². The highest BCUT2D eigenvalue weighted by Gasteiger charge is 2.25. The van der Waals surface area contributed by atoms with Gasteiger partial charge in [0.15, 0.2) is 0 Å². The fourth-order valence-corrected chi connectivity index (χ4v) is 2.52. The van der Waals surface area contributed by atoms with E-state index < -0.39 is 5.82 Å². The lowest BCUT2D eigenvalue weighted by molar-refractivity contribution is -0.132. The first-order valence-corrected chi connectivity index (χ1v) is 7.13. The lowest BCUT2D eigenvalue weighted by Gasteiger charge is -2.35. The lowest BCUT2D eigenvalue weighted by atomic mass is 10.1. The van der Waals surface area contributed by atoms with Crippen molar-refractivity contribution in [2.45, 2.75) is 6.42 Å². The molecular weight excluding hydrogens is 332 g/mol. The quantitative estimate of drug-likeness (QED) is 0.899. The largest absolute Gasteiger partial charge is 0.339 e. The number of amides is 2. The molecule has 0 atom stereocenters. The standard InChI is InChI=1S/C14H17ClFN3O2.ClH/c15-12-9-10(16)1-2-11(12)14(21)19-7-5-18(6-8-19)13(20)3-4-17;/h1-2,9H,3-8,17H2;1H. The Morgan fingerprint density at radius 3 is 2.32 bits per heavy atom. The van der Waals surface area contributed by atoms with E-state index in [1.165, 1.54) is 12.1 Å². The van der Waals surface area contributed by atoms with Gasteiger partial charge in [0, 0.05) is 39.1 Å². The van der Waals surface area contributed by atoms with E-state index in [0.717, 1.165) is 6.07 Å². The van der Waals surface area contributed by atoms with Gasteiger partial charge in [-0.3, -0.25) is 9.59 Å². The van der Waals surface area contributed by atoms with E-state index in [4.69, 9.17) is 17.3 Å². The average Bonchev–Trinajstić information content (AvgIpc) is 2.47. The third-order valence-corrected chi connectivity index (χ3v) is 3.75. The molecule has 1 aromatic carbocycles. The Balaban J connectivity index is 0.00000242. The highest BCUT2D eigenvalue weighted by atomic mass is 35.5. The maximum absolute atomic E-state index is 13.0. The zero-order valence-corrected chi connectivity index (χ0v) is 13.5. The predicted molar refractivity (Wildman–Crippen MR) is 84.8 cm³/mol. The monoisotopic (exact) mass is 349 g/mol. The molecule has 1 saturated heterocycles. The first kappa shape index (κ1) is 18.7. The summed E-state index contributed by atoms with van der Waals surface area (Å²) in [5, 5.41) is 0.0987. The predicted octanol–water partition coefficient (Wildman–Crippen LogP) is 1.53. The van der Waals surface area contributed by atoms with Crippen molar-refractivity contribution in [1.82, 2.24) is 9.80 Å². The number of rotatable bonds is 3. The van der Waals surface area contributed by atoms with Gasteiger partial charge in [-0.05, 0) is 18.2 Å². The first-order chi connectivity index (χ1) is 10.0. The van der Waals surface area contributed by atoms with Crippen LogP contribution < -0.4 is 5.73 Å². The summed E-state index contributed by atoms with van der Waals surface area (Å²) in [7, 11) is 0. The fraction of sp³-hybridized carbons (Fsp3) is 0.429. The summed E-state index contributed by atoms with van der Waals surface area (Å²) < 4.78 is 13.0. The van der Waals surface area contributed by atoms with E-state index in [2.05, 4.69) is 0 Å². The van der Waals surface area contributed by atoms with Gasteiger partial charge in [0.25, 0.3) is 5.91 Å². The molecule has 2 amide bonds. The number of benzene rings is 1. The van der Waals surface area contributed by atoms with Crippen LogP contribution >= 0.6 is 24.0 Å². The van der Waals surface area contributed by atoms with Crippen LogP contribution in [0.1, 0.15) is 16.8 Å². The molecule has 0 unspecified atom stereocenters. The second kappa shape index (κ2) is 8.31. The van der Waals surface area contributed by atoms with Crippen LogP contribution in [0, 0.1) is 5.82 Å². The van der Waals surface area contributed by atoms with Crippen molar-refractivity contribution in [3.05, 3.63) is 34.6 Å². The van der Waals surface area contributed by atoms with Gasteiger partial charge in [0.2, 0.25) is 5.91 Å². The Morgan fingerprint density at radius 1 is 1.18 bits per heavy atom. The number of carbonyl (C=O) groups is 2. The lowest BCUT2D eigenvalue weighted by Crippen LogP contribution is -2.50. The Bertz CT molecular complexity index is 549. The topological polar surface area (TPSA) is 66.6 Å². The number of hydrogen-bond donors (Lipinski definition) is 1. The van der Waals surface area contributed by atoms with Gasteiger partial charge in [-0.25, -0.2) is 4.39 Å². The van der Waals surface area contributed by atoms with Crippen LogP contribution in [0.15, 0.2) is 18.2 Å². The maximum atomic E-state index is 13.0. The Morgan fingerprint density at radius 2 is 1.77 bits per heavy atom. The number of hydrogen-bond acceptors (Lipinski definition) is 3. The van der Waals surface area contributed by atoms with Gasteiger partial charge in [-0.15, -0.1) is 12.4 Å². The van der Waals surface area contributed by atoms with Crippen molar-refractivity contribution in [1.29, 1.82) is 0 Å². The molecule has 1 aromatic rings. The Kier molecular flexibility index (Phi) is 7.06. The first-order valence-electron chi connectivity index (χ1n) is 6.75. The molecule has 0 spiro atoms. The van der Waals surface area contributed by atoms with Crippen LogP contribution in [0.25, 0.3) is 0 Å². The summed E-state index contributed by atoms with van der Waals surface area (Å²) in [6.07, 6.45) is 0.317. The zero-order valence-electron chi connectivity index (χ0n) is 11.9. The maximum Gasteiger partial charge on any atom is 0.255 e. The van der Waals surface area contributed by atoms with E-state index >= 15 is 0 Å². The SMILES string of the molecule is Cl.NCCC(=O)N1CCN(C(=O)c2ccc(F)cc2Cl)CC1. The Labute approximate surface area is 139 Å². The van der Waals surface area contributed by atoms with Crippen LogP contribution in [-0.4, -0.2) is 54.3 Å². The van der Waals surface area contributed by atoms with E-state index in [1.807, 2.05) is 0 Å². The summed E-state index contributed by atoms with van der Waals surface area (Å²) >= 11 is 5.90. The molecule has 122 valence electrons. The van der Waals surface area contributed by atoms with Crippen LogP contribution in [0.2, 0.25) is 5.02 Å². The number of halogens is 3. The van der Waals surface area contributed by atoms with Crippen molar-refractivity contribution < 1.29 is 14.0 Å². The minimum absolute atomic E-state index is 0. The average molecular weight is 350 g/mol. The molecule has 1 aliphatic heterocycles. The van der Waals surface area contributed by atoms with Gasteiger partial charge in [0.1, 0.15) is 5.82 Å². The summed E-state index contributed by atoms with van der Waals surface area (Å²) in [5.41, 5.74) is 5.64. The molecule has 2 N–H and O–H groups in total. The number of nitrogens with two attached hydrogens (primary N) is 1. The third-order valence-electron chi connectivity index (χ3n) is 3.44. The van der Waals surface area contributed by atoms with Crippen molar-refractivity contribution in [2.75, 3.05) is 32.7 Å². The minimum atomic E-state index is -0.478. The molecule has 22 heavy (non-hydrogen) atoms. The normalized spacial score (nSPS) is 14.5. The zero-order chi connectivity index (χ0) is 15.4. The molecule has 1 fully saturated rings. The molecule has 8 heteroatoms. The summed E-state index contributed by atoms with van der Waals surface area (Å²) in [6.45, 7) is 2.14. The molecule has 0 aromatic heterocycles. The smallest absolute Gasteiger partial charge is 0.255 e. The molecule has 1 heterocycles. The fourth-order valence-electron chi connectivity index (χ4n) is 2.27. The number of nitrogens with zero attached hydrogens (tertiary/aromatic N) is 2. The van der Waals surface area contributed by atoms with Crippen LogP contribution in [0.4, 0.5) is 4.39 Å². The van der Waals surface area contributed by atoms with E-state index in [1.54, 1.807) is 9.80 Å². The summed E-state index contributed by atoms with van der Waals surface area (Å²) in [5.74, 6) is -0.718. The number of carbonyl (C=O) groups excluding carboxylic acids is 2. The second-order valence-corrected chi connectivity index (χ2v) is 5.24. The highest BCUT2D eigenvalue weighted by Crippen LogP contribution is 2.20. The van der Waals surface area contributed by atoms with Crippen molar-refractivity contribution in [3.63, 3.8) is 0 Å². The van der Waals surface area contributed by atoms with Crippen molar-refractivity contribution >= 4 is 35.8 Å². The third kappa shape index (κ3) is 4.32. The molecule has 5 nitrogen and oxygen atoms in total. The summed E-state index contributed by atoms with van der Waals surface area (Å²) in [6, 6.07) is 3.71. The van der Waals surface area contributed by atoms with Crippen LogP contribution in [0.3, 0.4) is 0 Å². The van der Waals surface area contributed by atoms with Crippen LogP contribution in [0.5, 0.6) is 0 Å². The van der Waals surface area contributed by atoms with Gasteiger partial charge in [-0.1, -0.05) is 11.6 Å². The number of piperazine rings is 1. The molecule has 0 aliphatic carbocycles. The van der Waals surface area contributed by atoms with Crippen molar-refractivity contribution in [2.24, 2.45) is 5.73 Å². The minimum Gasteiger partial charge on any atom is -0.339 e. The molecule has 0 saturated carbocycles. The van der Waals surface area contributed by atoms with Gasteiger partial charge in [-0.2, -0.15) is 0 Å². The van der Waals surface area contributed by atoms with Crippen molar-refractivity contribution in [3.8, 4) is 0 Å². The van der Waals surface area contributed by atoms with E-state index in [-0.39, 0.29) is 34.8 Å². The molecular formula is C14H18Cl2FN3O2. The molecule has 0 bridgehead atoms. The van der Waals surface area contributed by atoms with Gasteiger partial charge in [0.05, 0.1) is 10.6 Å². The van der Waals surface area contributed by atoms with E-state index in [9.17, 15) is 14.0 Å². The highest BCUT2D eigenvalue weighted by molar-refractivity contribution is 6.33. The molecule has 2 rings (SSSR count). The molecule has 1 aliphatic rings. The Hall–Kier alpha value is -1.37. The van der Waals surface area contributed by atoms with Gasteiger partial charge < -0.3 is 15.5 Å². The summed E-state index contributed by atoms with van der Waals surface area (Å²) in [4.78, 5) is 27.4.